The van der Waals surface area contributed by atoms with Gasteiger partial charge in [0.2, 0.25) is 0 Å². The van der Waals surface area contributed by atoms with Gasteiger partial charge in [0.15, 0.2) is 0 Å². The SMILES string of the molecule is CCCCC(CC)CCc1ccc(-c2ccc(C)s2)c(F)c1.CCCCC(CC)CN1C(=O)C2=C(c3ccc(-c4ccc(CCC(C)CC)cc4F)s3)N(CC(CC)CCCC)C(=O)C2=C1C.CCCCOc1ccc(-c2ccc(C)s2)c(F)c1.CCCCOc1ccc(-c2ccc(C3=C4C(=O)N(CC(CC)CCCC)C(C)=C4C(=O)N3CC(CC)CCCC)s2)c(F)c1. The molecule has 4 aliphatic heterocycles. The molecular formula is C111H150F4N4O6S4. The summed E-state index contributed by atoms with van der Waals surface area (Å²) in [6.07, 6.45) is 31.5. The van der Waals surface area contributed by atoms with Crippen LogP contribution in [0.25, 0.3) is 53.2 Å². The highest BCUT2D eigenvalue weighted by molar-refractivity contribution is 7.17. The molecule has 129 heavy (non-hydrogen) atoms. The number of hydrogen-bond acceptors (Lipinski definition) is 10. The zero-order valence-electron chi connectivity index (χ0n) is 81.1. The van der Waals surface area contributed by atoms with Crippen LogP contribution in [-0.2, 0) is 32.0 Å². The van der Waals surface area contributed by atoms with Gasteiger partial charge >= 0.3 is 0 Å². The van der Waals surface area contributed by atoms with Gasteiger partial charge in [0, 0.05) is 101 Å². The number of unbranched alkanes of at least 4 members (excludes halogenated alkanes) is 7. The van der Waals surface area contributed by atoms with E-state index in [4.69, 9.17) is 9.47 Å². The van der Waals surface area contributed by atoms with Crippen molar-refractivity contribution in [3.8, 4) is 53.3 Å². The van der Waals surface area contributed by atoms with E-state index in [0.717, 1.165) is 223 Å². The van der Waals surface area contributed by atoms with E-state index in [9.17, 15) is 28.0 Å². The fourth-order valence-corrected chi connectivity index (χ4v) is 21.6. The minimum atomic E-state index is -0.341. The van der Waals surface area contributed by atoms with Crippen LogP contribution in [0.1, 0.15) is 315 Å². The first-order valence-electron chi connectivity index (χ1n) is 49.3. The van der Waals surface area contributed by atoms with Crippen LogP contribution in [0.4, 0.5) is 17.6 Å². The summed E-state index contributed by atoms with van der Waals surface area (Å²) in [6.45, 7) is 42.3. The molecule has 18 heteroatoms. The highest BCUT2D eigenvalue weighted by atomic mass is 32.1. The van der Waals surface area contributed by atoms with Crippen LogP contribution >= 0.6 is 45.3 Å². The molecule has 0 aliphatic carbocycles. The number of hydrogen-bond donors (Lipinski definition) is 0. The molecule has 0 fully saturated rings. The lowest BCUT2D eigenvalue weighted by Crippen LogP contribution is -2.34. The number of ether oxygens (including phenoxy) is 2. The summed E-state index contributed by atoms with van der Waals surface area (Å²) in [7, 11) is 0. The van der Waals surface area contributed by atoms with Crippen LogP contribution in [0.5, 0.6) is 11.5 Å². The second-order valence-corrected chi connectivity index (χ2v) is 40.9. The lowest BCUT2D eigenvalue weighted by molar-refractivity contribution is -0.125. The lowest BCUT2D eigenvalue weighted by Gasteiger charge is -2.28. The van der Waals surface area contributed by atoms with Gasteiger partial charge in [-0.05, 0) is 223 Å². The second kappa shape index (κ2) is 52.9. The fourth-order valence-electron chi connectivity index (χ4n) is 17.6. The Morgan fingerprint density at radius 3 is 0.907 bits per heavy atom. The molecular weight excluding hydrogens is 1690 g/mol. The van der Waals surface area contributed by atoms with Crippen LogP contribution in [0.2, 0.25) is 0 Å². The van der Waals surface area contributed by atoms with Crippen molar-refractivity contribution in [2.24, 2.45) is 35.5 Å². The maximum atomic E-state index is 15.5. The van der Waals surface area contributed by atoms with E-state index in [0.29, 0.717) is 125 Å². The predicted molar refractivity (Wildman–Crippen MR) is 538 cm³/mol. The molecule has 0 bridgehead atoms. The topological polar surface area (TPSA) is 99.7 Å². The number of rotatable bonds is 49. The number of carbonyl (C=O) groups excluding carboxylic acids is 4. The highest BCUT2D eigenvalue weighted by Crippen LogP contribution is 2.50. The minimum Gasteiger partial charge on any atom is -0.493 e. The summed E-state index contributed by atoms with van der Waals surface area (Å²) >= 11 is 6.17. The lowest BCUT2D eigenvalue weighted by atomic mass is 9.92. The van der Waals surface area contributed by atoms with Crippen molar-refractivity contribution in [3.05, 3.63) is 209 Å². The Morgan fingerprint density at radius 2 is 0.597 bits per heavy atom. The predicted octanol–water partition coefficient (Wildman–Crippen LogP) is 32.5. The summed E-state index contributed by atoms with van der Waals surface area (Å²) in [5.74, 6) is 2.91. The van der Waals surface area contributed by atoms with Gasteiger partial charge in [-0.3, -0.25) is 19.2 Å². The van der Waals surface area contributed by atoms with Gasteiger partial charge in [0.25, 0.3) is 23.6 Å². The maximum absolute atomic E-state index is 15.5. The van der Waals surface area contributed by atoms with E-state index in [-0.39, 0.29) is 46.9 Å². The minimum absolute atomic E-state index is 0.0586. The van der Waals surface area contributed by atoms with Crippen molar-refractivity contribution >= 4 is 80.4 Å². The second-order valence-electron chi connectivity index (χ2n) is 36.2. The van der Waals surface area contributed by atoms with Crippen LogP contribution in [-0.4, -0.2) is 82.6 Å². The Bertz CT molecular complexity index is 5080. The van der Waals surface area contributed by atoms with Crippen molar-refractivity contribution < 1.29 is 46.2 Å². The number of aryl methyl sites for hydroxylation is 4. The molecule has 8 aromatic rings. The van der Waals surface area contributed by atoms with E-state index in [1.807, 2.05) is 119 Å². The van der Waals surface area contributed by atoms with Crippen LogP contribution < -0.4 is 9.47 Å². The molecule has 6 unspecified atom stereocenters. The number of allylic oxidation sites excluding steroid dienone is 2. The Morgan fingerprint density at radius 1 is 0.302 bits per heavy atom. The fraction of sp³-hybridized carbons (Fsp3) is 0.532. The normalized spacial score (nSPS) is 15.2. The number of amides is 4. The molecule has 0 radical (unpaired) electrons. The quantitative estimate of drug-likeness (QED) is 0.0278. The molecule has 4 aromatic heterocycles. The largest absolute Gasteiger partial charge is 0.493 e. The van der Waals surface area contributed by atoms with E-state index in [2.05, 4.69) is 110 Å². The molecule has 0 spiro atoms. The van der Waals surface area contributed by atoms with Gasteiger partial charge in [-0.25, -0.2) is 17.6 Å². The summed E-state index contributed by atoms with van der Waals surface area (Å²) < 4.78 is 70.3. The molecule has 6 atom stereocenters. The molecule has 10 nitrogen and oxygen atoms in total. The van der Waals surface area contributed by atoms with Crippen molar-refractivity contribution in [2.45, 2.75) is 311 Å². The van der Waals surface area contributed by atoms with Crippen LogP contribution in [0.15, 0.2) is 155 Å². The standard InChI is InChI=1S/C39H55FN2O2S.C37H51FN2O3S.C20H27FS.C15H17FOS/c1-8-13-15-28(11-4)24-41-27(7)35-36(39(41)44)37(42(38(35)43)25-29(12-5)16-14-9-2)34-22-21-33(45-34)31-20-19-30(23-32(31)40)18-17-26(6)10-3;1-7-12-15-26(10-4)23-39-25(6)33-34(37(39)42)35(40(36(33)41)24-27(11-5)16-13-8-2)32-20-19-31(44-32)29-18-17-28(22-30(29)38)43-21-14-9-3;1-4-6-7-16(5-2)9-10-17-11-12-18(19(21)14-17)20-13-8-15(3)22-20;1-3-4-9-17-12-6-7-13(14(16)10-12)15-8-5-11(2)18-15/h19-23,26,28-29H,8-18,24-25H2,1-7H3;17-20,22,26-27H,7-16,21,23-24H2,1-6H3;8,11-14,16H,4-7,9-10H2,1-3H3;5-8,10H,3-4,9H2,1-2H3. The maximum Gasteiger partial charge on any atom is 0.261 e. The summed E-state index contributed by atoms with van der Waals surface area (Å²) in [4.78, 5) is 71.9. The third kappa shape index (κ3) is 28.0. The average molecular weight is 1840 g/mol. The molecule has 0 saturated heterocycles. The summed E-state index contributed by atoms with van der Waals surface area (Å²) in [6, 6.07) is 37.3. The highest BCUT2D eigenvalue weighted by Gasteiger charge is 2.50. The number of thiophene rings is 4. The van der Waals surface area contributed by atoms with Crippen molar-refractivity contribution in [2.75, 3.05) is 39.4 Å². The summed E-state index contributed by atoms with van der Waals surface area (Å²) in [5, 5.41) is 0. The van der Waals surface area contributed by atoms with Gasteiger partial charge < -0.3 is 29.1 Å². The zero-order chi connectivity index (χ0) is 93.4. The van der Waals surface area contributed by atoms with Crippen LogP contribution in [0.3, 0.4) is 0 Å². The van der Waals surface area contributed by atoms with Crippen molar-refractivity contribution in [1.82, 2.24) is 19.6 Å². The smallest absolute Gasteiger partial charge is 0.261 e. The number of nitrogens with zero attached hydrogens (tertiary/aromatic N) is 4. The number of halogens is 4. The molecule has 4 aromatic carbocycles. The first-order chi connectivity index (χ1) is 62.3. The Kier molecular flexibility index (Phi) is 42.9. The molecule has 702 valence electrons. The molecule has 0 saturated carbocycles. The van der Waals surface area contributed by atoms with E-state index in [1.54, 1.807) is 46.9 Å². The zero-order valence-corrected chi connectivity index (χ0v) is 84.4. The monoisotopic (exact) mass is 1840 g/mol. The summed E-state index contributed by atoms with van der Waals surface area (Å²) in [5.41, 5.74) is 9.77. The average Bonchev–Trinajstić information content (AvgIpc) is 1.57. The van der Waals surface area contributed by atoms with Gasteiger partial charge in [-0.15, -0.1) is 45.3 Å². The van der Waals surface area contributed by atoms with E-state index in [1.165, 1.54) is 76.7 Å². The number of fused-ring (bicyclic) bond motifs is 2. The van der Waals surface area contributed by atoms with Gasteiger partial charge in [-0.2, -0.15) is 0 Å². The molecule has 12 rings (SSSR count). The van der Waals surface area contributed by atoms with Gasteiger partial charge in [0.05, 0.1) is 56.7 Å². The molecule has 0 N–H and O–H groups in total. The Balaban J connectivity index is 0.000000207. The Hall–Kier alpha value is -8.16. The molecule has 8 heterocycles. The van der Waals surface area contributed by atoms with E-state index >= 15 is 8.78 Å². The number of carbonyl (C=O) groups is 4. The molecule has 4 aliphatic rings. The third-order valence-electron chi connectivity index (χ3n) is 26.5. The first kappa shape index (κ1) is 105. The van der Waals surface area contributed by atoms with Gasteiger partial charge in [0.1, 0.15) is 34.8 Å². The van der Waals surface area contributed by atoms with Crippen molar-refractivity contribution in [3.63, 3.8) is 0 Å². The van der Waals surface area contributed by atoms with Crippen molar-refractivity contribution in [1.29, 1.82) is 0 Å². The first-order valence-corrected chi connectivity index (χ1v) is 52.5. The Labute approximate surface area is 788 Å². The number of benzene rings is 4. The third-order valence-corrected chi connectivity index (χ3v) is 30.8. The van der Waals surface area contributed by atoms with E-state index < -0.39 is 0 Å². The van der Waals surface area contributed by atoms with Gasteiger partial charge in [-0.1, -0.05) is 243 Å². The molecule has 4 amide bonds. The van der Waals surface area contributed by atoms with Crippen LogP contribution in [0, 0.1) is 72.6 Å².